The van der Waals surface area contributed by atoms with Crippen LogP contribution in [0.3, 0.4) is 0 Å². The van der Waals surface area contributed by atoms with E-state index in [1.54, 1.807) is 0 Å². The average molecular weight is 263 g/mol. The Balaban J connectivity index is 2.19. The number of anilines is 1. The van der Waals surface area contributed by atoms with Gasteiger partial charge in [0, 0.05) is 18.6 Å². The van der Waals surface area contributed by atoms with E-state index >= 15 is 0 Å². The van der Waals surface area contributed by atoms with Crippen molar-refractivity contribution < 1.29 is 4.79 Å². The second-order valence-corrected chi connectivity index (χ2v) is 3.97. The molecule has 0 fully saturated rings. The molecule has 18 heavy (non-hydrogen) atoms. The Bertz CT molecular complexity index is 732. The molecule has 0 aliphatic carbocycles. The minimum Gasteiger partial charge on any atom is -0.382 e. The first-order valence-electron chi connectivity index (χ1n) is 4.99. The summed E-state index contributed by atoms with van der Waals surface area (Å²) in [5, 5.41) is 0.386. The van der Waals surface area contributed by atoms with Gasteiger partial charge in [0.1, 0.15) is 11.8 Å². The van der Waals surface area contributed by atoms with E-state index in [-0.39, 0.29) is 11.5 Å². The van der Waals surface area contributed by atoms with Gasteiger partial charge in [0.25, 0.3) is 5.91 Å². The Kier molecular flexibility index (Phi) is 2.27. The van der Waals surface area contributed by atoms with Crippen LogP contribution in [-0.4, -0.2) is 30.4 Å². The molecule has 0 bridgehead atoms. The topological polar surface area (TPSA) is 102 Å². The lowest BCUT2D eigenvalue weighted by atomic mass is 10.3. The summed E-state index contributed by atoms with van der Waals surface area (Å²) in [5.74, 6) is -0.364. The highest BCUT2D eigenvalue weighted by molar-refractivity contribution is 6.35. The number of imidazole rings is 1. The Morgan fingerprint density at radius 3 is 3.00 bits per heavy atom. The number of rotatable bonds is 1. The van der Waals surface area contributed by atoms with Crippen LogP contribution in [0.25, 0.3) is 11.2 Å². The molecule has 3 heterocycles. The van der Waals surface area contributed by atoms with Crippen LogP contribution in [0.5, 0.6) is 0 Å². The number of aromatic nitrogens is 5. The zero-order valence-electron chi connectivity index (χ0n) is 8.96. The number of nitrogens with zero attached hydrogens (tertiary/aromatic N) is 4. The molecule has 0 radical (unpaired) electrons. The molecule has 3 rings (SSSR count). The first-order valence-corrected chi connectivity index (χ1v) is 5.37. The molecular weight excluding hydrogens is 256 g/mol. The maximum absolute atomic E-state index is 12.1. The molecule has 0 amide bonds. The van der Waals surface area contributed by atoms with Crippen LogP contribution >= 0.6 is 11.6 Å². The lowest BCUT2D eigenvalue weighted by Crippen LogP contribution is -2.15. The van der Waals surface area contributed by atoms with Crippen LogP contribution in [0.2, 0.25) is 5.02 Å². The van der Waals surface area contributed by atoms with Gasteiger partial charge in [-0.3, -0.25) is 9.36 Å². The number of carbonyl (C=O) groups excluding carboxylic acids is 1. The molecule has 90 valence electrons. The highest BCUT2D eigenvalue weighted by Crippen LogP contribution is 2.22. The molecule has 0 aliphatic rings. The summed E-state index contributed by atoms with van der Waals surface area (Å²) >= 11 is 5.92. The third kappa shape index (κ3) is 1.52. The number of nitrogens with two attached hydrogens (primary N) is 1. The standard InChI is InChI=1S/C10H7ClN6O/c11-5-3-14-9-6(5)15-7(8(12)16-9)10(18)17-2-1-13-4-17/h1-4H,(H3,12,14,16). The summed E-state index contributed by atoms with van der Waals surface area (Å²) in [6.45, 7) is 0. The molecule has 0 saturated carbocycles. The quantitative estimate of drug-likeness (QED) is 0.683. The molecule has 0 aliphatic heterocycles. The molecular formula is C10H7ClN6O. The number of halogens is 1. The summed E-state index contributed by atoms with van der Waals surface area (Å²) in [6.07, 6.45) is 5.90. The van der Waals surface area contributed by atoms with E-state index in [4.69, 9.17) is 17.3 Å². The largest absolute Gasteiger partial charge is 0.382 e. The van der Waals surface area contributed by atoms with Crippen molar-refractivity contribution in [3.05, 3.63) is 35.6 Å². The van der Waals surface area contributed by atoms with Crippen molar-refractivity contribution in [2.75, 3.05) is 5.73 Å². The van der Waals surface area contributed by atoms with Crippen molar-refractivity contribution >= 4 is 34.5 Å². The van der Waals surface area contributed by atoms with Gasteiger partial charge in [-0.15, -0.1) is 0 Å². The van der Waals surface area contributed by atoms with E-state index < -0.39 is 5.91 Å². The molecule has 0 unspecified atom stereocenters. The van der Waals surface area contributed by atoms with Crippen molar-refractivity contribution in [2.45, 2.75) is 0 Å². The van der Waals surface area contributed by atoms with E-state index in [1.807, 2.05) is 0 Å². The summed E-state index contributed by atoms with van der Waals surface area (Å²) in [7, 11) is 0. The third-order valence-electron chi connectivity index (χ3n) is 2.43. The molecule has 0 atom stereocenters. The van der Waals surface area contributed by atoms with Crippen molar-refractivity contribution in [2.24, 2.45) is 0 Å². The average Bonchev–Trinajstić information content (AvgIpc) is 2.98. The maximum atomic E-state index is 12.1. The number of nitrogen functional groups attached to an aromatic ring is 1. The first-order chi connectivity index (χ1) is 8.66. The van der Waals surface area contributed by atoms with E-state index in [1.165, 1.54) is 29.5 Å². The Morgan fingerprint density at radius 1 is 1.44 bits per heavy atom. The predicted octanol–water partition coefficient (Wildman–Crippen LogP) is 1.08. The summed E-state index contributed by atoms with van der Waals surface area (Å²) in [6, 6.07) is 0. The van der Waals surface area contributed by atoms with E-state index in [0.717, 1.165) is 0 Å². The first kappa shape index (κ1) is 10.7. The molecule has 7 nitrogen and oxygen atoms in total. The third-order valence-corrected chi connectivity index (χ3v) is 2.71. The van der Waals surface area contributed by atoms with Crippen LogP contribution in [0.15, 0.2) is 24.9 Å². The Labute approximate surface area is 106 Å². The van der Waals surface area contributed by atoms with Gasteiger partial charge in [-0.2, -0.15) is 0 Å². The van der Waals surface area contributed by atoms with Gasteiger partial charge in [-0.05, 0) is 0 Å². The summed E-state index contributed by atoms with van der Waals surface area (Å²) in [4.78, 5) is 26.9. The van der Waals surface area contributed by atoms with E-state index in [2.05, 4.69) is 19.9 Å². The van der Waals surface area contributed by atoms with Crippen molar-refractivity contribution in [1.82, 2.24) is 24.5 Å². The van der Waals surface area contributed by atoms with Gasteiger partial charge < -0.3 is 10.7 Å². The second-order valence-electron chi connectivity index (χ2n) is 3.57. The normalized spacial score (nSPS) is 10.9. The van der Waals surface area contributed by atoms with Crippen molar-refractivity contribution in [1.29, 1.82) is 0 Å². The van der Waals surface area contributed by atoms with Gasteiger partial charge in [-0.25, -0.2) is 15.0 Å². The fourth-order valence-electron chi connectivity index (χ4n) is 1.57. The summed E-state index contributed by atoms with van der Waals surface area (Å²) < 4.78 is 1.27. The Hall–Kier alpha value is -2.41. The highest BCUT2D eigenvalue weighted by atomic mass is 35.5. The lowest BCUT2D eigenvalue weighted by molar-refractivity contribution is 0.0956. The van der Waals surface area contributed by atoms with E-state index in [0.29, 0.717) is 16.2 Å². The van der Waals surface area contributed by atoms with E-state index in [9.17, 15) is 4.79 Å². The molecule has 3 aromatic heterocycles. The van der Waals surface area contributed by atoms with Gasteiger partial charge in [0.2, 0.25) is 0 Å². The number of fused-ring (bicyclic) bond motifs is 1. The minimum atomic E-state index is -0.406. The van der Waals surface area contributed by atoms with Crippen molar-refractivity contribution in [3.63, 3.8) is 0 Å². The van der Waals surface area contributed by atoms with Crippen LogP contribution < -0.4 is 5.73 Å². The van der Waals surface area contributed by atoms with Crippen molar-refractivity contribution in [3.8, 4) is 0 Å². The number of aromatic amines is 1. The lowest BCUT2D eigenvalue weighted by Gasteiger charge is -2.03. The monoisotopic (exact) mass is 262 g/mol. The predicted molar refractivity (Wildman–Crippen MR) is 65.3 cm³/mol. The number of nitrogens with one attached hydrogen (secondary N) is 1. The molecule has 3 N–H and O–H groups in total. The molecule has 0 aromatic carbocycles. The SMILES string of the molecule is Nc1nc2[nH]cc(Cl)c2nc1C(=O)n1ccnc1. The molecule has 0 saturated heterocycles. The van der Waals surface area contributed by atoms with Crippen LogP contribution in [0.4, 0.5) is 5.82 Å². The Morgan fingerprint density at radius 2 is 2.28 bits per heavy atom. The molecule has 3 aromatic rings. The van der Waals surface area contributed by atoms with Crippen LogP contribution in [0.1, 0.15) is 10.5 Å². The number of hydrogen-bond acceptors (Lipinski definition) is 5. The van der Waals surface area contributed by atoms with Gasteiger partial charge in [-0.1, -0.05) is 11.6 Å². The smallest absolute Gasteiger partial charge is 0.285 e. The minimum absolute atomic E-state index is 0.0414. The zero-order chi connectivity index (χ0) is 12.7. The fourth-order valence-corrected chi connectivity index (χ4v) is 1.76. The van der Waals surface area contributed by atoms with Crippen LogP contribution in [-0.2, 0) is 0 Å². The fraction of sp³-hybridized carbons (Fsp3) is 0. The van der Waals surface area contributed by atoms with Gasteiger partial charge in [0.05, 0.1) is 5.02 Å². The summed E-state index contributed by atoms with van der Waals surface area (Å²) in [5.41, 5.74) is 6.61. The van der Waals surface area contributed by atoms with Gasteiger partial charge in [0.15, 0.2) is 17.2 Å². The highest BCUT2D eigenvalue weighted by Gasteiger charge is 2.17. The number of H-pyrrole nitrogens is 1. The number of carbonyl (C=O) groups is 1. The van der Waals surface area contributed by atoms with Crippen LogP contribution in [0, 0.1) is 0 Å². The number of hydrogen-bond donors (Lipinski definition) is 2. The molecule has 0 spiro atoms. The maximum Gasteiger partial charge on any atom is 0.285 e. The van der Waals surface area contributed by atoms with Gasteiger partial charge >= 0.3 is 0 Å². The second kappa shape index (κ2) is 3.81. The molecule has 8 heteroatoms. The zero-order valence-corrected chi connectivity index (χ0v) is 9.72.